The number of para-hydroxylation sites is 1. The van der Waals surface area contributed by atoms with E-state index in [9.17, 15) is 0 Å². The van der Waals surface area contributed by atoms with Crippen LogP contribution in [0.5, 0.6) is 0 Å². The summed E-state index contributed by atoms with van der Waals surface area (Å²) >= 11 is 0. The molecule has 0 saturated heterocycles. The quantitative estimate of drug-likeness (QED) is 0.156. The maximum atomic E-state index is 2.42. The van der Waals surface area contributed by atoms with Gasteiger partial charge in [-0.3, -0.25) is 0 Å². The lowest BCUT2D eigenvalue weighted by molar-refractivity contribution is 1.29. The summed E-state index contributed by atoms with van der Waals surface area (Å²) < 4.78 is 0. The van der Waals surface area contributed by atoms with Crippen LogP contribution in [0, 0.1) is 13.8 Å². The summed E-state index contributed by atoms with van der Waals surface area (Å²) in [5.41, 5.74) is 11.7. The second-order valence-corrected chi connectivity index (χ2v) is 13.6. The van der Waals surface area contributed by atoms with Crippen LogP contribution in [0.3, 0.4) is 0 Å². The van der Waals surface area contributed by atoms with Gasteiger partial charge in [0.05, 0.1) is 11.4 Å². The number of hydrogen-bond donors (Lipinski definition) is 0. The first kappa shape index (κ1) is 31.3. The second-order valence-electron chi connectivity index (χ2n) is 13.6. The third-order valence-electron chi connectivity index (χ3n) is 10.2. The number of aryl methyl sites for hydroxylation is 2. The minimum absolute atomic E-state index is 1.11. The molecule has 0 amide bonds. The Kier molecular flexibility index (Phi) is 7.98. The fraction of sp³-hybridized carbons (Fsp3) is 0.0400. The molecule has 0 heterocycles. The second kappa shape index (κ2) is 13.2. The number of anilines is 6. The lowest BCUT2D eigenvalue weighted by Crippen LogP contribution is -2.12. The predicted octanol–water partition coefficient (Wildman–Crippen LogP) is 14.4. The van der Waals surface area contributed by atoms with Crippen molar-refractivity contribution in [3.05, 3.63) is 205 Å². The van der Waals surface area contributed by atoms with Gasteiger partial charge >= 0.3 is 0 Å². The van der Waals surface area contributed by atoms with Gasteiger partial charge in [0.2, 0.25) is 0 Å². The average molecular weight is 667 g/mol. The zero-order valence-electron chi connectivity index (χ0n) is 29.4. The Balaban J connectivity index is 1.32. The molecule has 0 atom stereocenters. The van der Waals surface area contributed by atoms with Crippen LogP contribution in [0.25, 0.3) is 43.4 Å². The van der Waals surface area contributed by atoms with E-state index in [1.165, 1.54) is 54.6 Å². The molecule has 0 unspecified atom stereocenters. The molecule has 0 aromatic heterocycles. The molecule has 0 fully saturated rings. The summed E-state index contributed by atoms with van der Waals surface area (Å²) in [5, 5.41) is 7.29. The monoisotopic (exact) mass is 666 g/mol. The standard InChI is InChI=1S/C50H38N2/c1-35-21-27-40(28-22-35)51(39-15-7-4-8-16-39)49-33-47-44-18-10-12-20-46(44)50(34-48(47)43-17-9-11-19-45(43)49)52(41-29-23-36(2)24-30-41)42-31-25-38(26-32-42)37-13-5-3-6-14-37/h3-34H,1-2H3. The van der Waals surface area contributed by atoms with E-state index < -0.39 is 0 Å². The van der Waals surface area contributed by atoms with E-state index in [4.69, 9.17) is 0 Å². The Morgan fingerprint density at radius 3 is 1.04 bits per heavy atom. The molecule has 52 heavy (non-hydrogen) atoms. The van der Waals surface area contributed by atoms with E-state index in [0.717, 1.165) is 34.1 Å². The van der Waals surface area contributed by atoms with Crippen molar-refractivity contribution in [2.45, 2.75) is 13.8 Å². The molecular formula is C50H38N2. The van der Waals surface area contributed by atoms with Crippen molar-refractivity contribution >= 4 is 66.4 Å². The van der Waals surface area contributed by atoms with Gasteiger partial charge in [-0.15, -0.1) is 0 Å². The summed E-state index contributed by atoms with van der Waals surface area (Å²) in [5.74, 6) is 0. The largest absolute Gasteiger partial charge is 0.310 e. The molecule has 0 aliphatic heterocycles. The lowest BCUT2D eigenvalue weighted by Gasteiger charge is -2.30. The number of rotatable bonds is 7. The molecule has 2 heteroatoms. The van der Waals surface area contributed by atoms with Crippen LogP contribution in [0.2, 0.25) is 0 Å². The highest BCUT2D eigenvalue weighted by molar-refractivity contribution is 6.24. The Morgan fingerprint density at radius 1 is 0.269 bits per heavy atom. The van der Waals surface area contributed by atoms with Gasteiger partial charge < -0.3 is 9.80 Å². The molecule has 9 rings (SSSR count). The van der Waals surface area contributed by atoms with Crippen LogP contribution < -0.4 is 9.80 Å². The topological polar surface area (TPSA) is 6.48 Å². The van der Waals surface area contributed by atoms with Crippen LogP contribution in [0.4, 0.5) is 34.1 Å². The van der Waals surface area contributed by atoms with Gasteiger partial charge in [0.15, 0.2) is 0 Å². The average Bonchev–Trinajstić information content (AvgIpc) is 3.21. The summed E-state index contributed by atoms with van der Waals surface area (Å²) in [4.78, 5) is 4.82. The van der Waals surface area contributed by atoms with Crippen LogP contribution in [-0.2, 0) is 0 Å². The van der Waals surface area contributed by atoms with Crippen LogP contribution in [-0.4, -0.2) is 0 Å². The molecule has 0 spiro atoms. The van der Waals surface area contributed by atoms with Gasteiger partial charge in [-0.1, -0.05) is 145 Å². The predicted molar refractivity (Wildman–Crippen MR) is 223 cm³/mol. The molecule has 248 valence electrons. The Hall–Kier alpha value is -6.64. The lowest BCUT2D eigenvalue weighted by atomic mass is 9.93. The van der Waals surface area contributed by atoms with E-state index in [0.29, 0.717) is 0 Å². The molecule has 9 aromatic rings. The summed E-state index contributed by atoms with van der Waals surface area (Å²) in [7, 11) is 0. The minimum Gasteiger partial charge on any atom is -0.310 e. The molecule has 0 aliphatic rings. The zero-order chi connectivity index (χ0) is 35.0. The Labute approximate surface area is 305 Å². The first-order valence-electron chi connectivity index (χ1n) is 17.9. The molecular weight excluding hydrogens is 629 g/mol. The highest BCUT2D eigenvalue weighted by Crippen LogP contribution is 2.47. The van der Waals surface area contributed by atoms with Crippen molar-refractivity contribution in [1.29, 1.82) is 0 Å². The number of hydrogen-bond acceptors (Lipinski definition) is 2. The first-order chi connectivity index (χ1) is 25.6. The molecule has 0 N–H and O–H groups in total. The van der Waals surface area contributed by atoms with Gasteiger partial charge in [-0.05, 0) is 107 Å². The molecule has 0 aliphatic carbocycles. The molecule has 0 saturated carbocycles. The van der Waals surface area contributed by atoms with Gasteiger partial charge in [0, 0.05) is 33.5 Å². The van der Waals surface area contributed by atoms with Crippen LogP contribution in [0.15, 0.2) is 194 Å². The van der Waals surface area contributed by atoms with Gasteiger partial charge in [-0.2, -0.15) is 0 Å². The van der Waals surface area contributed by atoms with E-state index >= 15 is 0 Å². The highest BCUT2D eigenvalue weighted by atomic mass is 15.1. The van der Waals surface area contributed by atoms with Crippen molar-refractivity contribution in [1.82, 2.24) is 0 Å². The van der Waals surface area contributed by atoms with Crippen molar-refractivity contribution < 1.29 is 0 Å². The highest BCUT2D eigenvalue weighted by Gasteiger charge is 2.22. The maximum absolute atomic E-state index is 2.42. The van der Waals surface area contributed by atoms with Crippen molar-refractivity contribution in [3.8, 4) is 11.1 Å². The summed E-state index contributed by atoms with van der Waals surface area (Å²) in [6.45, 7) is 4.29. The number of benzene rings is 9. The molecule has 2 nitrogen and oxygen atoms in total. The summed E-state index contributed by atoms with van der Waals surface area (Å²) in [6, 6.07) is 70.6. The fourth-order valence-electron chi connectivity index (χ4n) is 7.54. The first-order valence-corrected chi connectivity index (χ1v) is 17.9. The third kappa shape index (κ3) is 5.65. The van der Waals surface area contributed by atoms with E-state index in [2.05, 4.69) is 218 Å². The van der Waals surface area contributed by atoms with E-state index in [1.807, 2.05) is 0 Å². The molecule has 0 bridgehead atoms. The fourth-order valence-corrected chi connectivity index (χ4v) is 7.54. The smallest absolute Gasteiger partial charge is 0.0546 e. The summed E-state index contributed by atoms with van der Waals surface area (Å²) in [6.07, 6.45) is 0. The zero-order valence-corrected chi connectivity index (χ0v) is 29.4. The van der Waals surface area contributed by atoms with Gasteiger partial charge in [0.1, 0.15) is 0 Å². The third-order valence-corrected chi connectivity index (χ3v) is 10.2. The number of nitrogens with zero attached hydrogens (tertiary/aromatic N) is 2. The molecule has 0 radical (unpaired) electrons. The van der Waals surface area contributed by atoms with Gasteiger partial charge in [-0.25, -0.2) is 0 Å². The van der Waals surface area contributed by atoms with Crippen LogP contribution in [0.1, 0.15) is 11.1 Å². The van der Waals surface area contributed by atoms with E-state index in [1.54, 1.807) is 0 Å². The van der Waals surface area contributed by atoms with Gasteiger partial charge in [0.25, 0.3) is 0 Å². The Morgan fingerprint density at radius 2 is 0.596 bits per heavy atom. The minimum atomic E-state index is 1.11. The van der Waals surface area contributed by atoms with E-state index in [-0.39, 0.29) is 0 Å². The van der Waals surface area contributed by atoms with Crippen LogP contribution >= 0.6 is 0 Å². The van der Waals surface area contributed by atoms with Crippen molar-refractivity contribution in [3.63, 3.8) is 0 Å². The molecule has 9 aromatic carbocycles. The van der Waals surface area contributed by atoms with Crippen molar-refractivity contribution in [2.24, 2.45) is 0 Å². The normalized spacial score (nSPS) is 11.3. The SMILES string of the molecule is Cc1ccc(N(c2ccccc2)c2cc3c4ccccc4c(N(c4ccc(C)cc4)c4ccc(-c5ccccc5)cc4)cc3c3ccccc23)cc1. The maximum Gasteiger partial charge on any atom is 0.0546 e. The number of fused-ring (bicyclic) bond motifs is 5. The van der Waals surface area contributed by atoms with Crippen molar-refractivity contribution in [2.75, 3.05) is 9.80 Å². The Bertz CT molecular complexity index is 2660.